The number of hydrogen-bond donors (Lipinski definition) is 0. The van der Waals surface area contributed by atoms with Crippen molar-refractivity contribution in [3.05, 3.63) is 83.2 Å². The van der Waals surface area contributed by atoms with Crippen LogP contribution in [0.3, 0.4) is 0 Å². The van der Waals surface area contributed by atoms with Crippen LogP contribution in [0.1, 0.15) is 40.5 Å². The van der Waals surface area contributed by atoms with E-state index in [1.54, 1.807) is 12.4 Å². The third-order valence-corrected chi connectivity index (χ3v) is 6.97. The van der Waals surface area contributed by atoms with Crippen LogP contribution >= 0.6 is 11.6 Å². The lowest BCUT2D eigenvalue weighted by Gasteiger charge is -2.34. The normalized spacial score (nSPS) is 16.8. The molecule has 0 radical (unpaired) electrons. The van der Waals surface area contributed by atoms with E-state index >= 15 is 0 Å². The van der Waals surface area contributed by atoms with Gasteiger partial charge in [0.05, 0.1) is 17.6 Å². The lowest BCUT2D eigenvalue weighted by molar-refractivity contribution is 0.0620. The molecule has 0 atom stereocenters. The van der Waals surface area contributed by atoms with E-state index in [2.05, 4.69) is 37.6 Å². The zero-order valence-corrected chi connectivity index (χ0v) is 19.5. The minimum Gasteiger partial charge on any atom is -0.335 e. The molecule has 8 heteroatoms. The Balaban J connectivity index is 1.27. The molecule has 0 spiro atoms. The van der Waals surface area contributed by atoms with Crippen LogP contribution < -0.4 is 0 Å². The Labute approximate surface area is 203 Å². The van der Waals surface area contributed by atoms with Crippen molar-refractivity contribution in [2.24, 2.45) is 0 Å². The average Bonchev–Trinajstić information content (AvgIpc) is 3.68. The minimum absolute atomic E-state index is 0.0570. The van der Waals surface area contributed by atoms with Gasteiger partial charge in [-0.25, -0.2) is 9.97 Å². The third-order valence-electron chi connectivity index (χ3n) is 6.72. The summed E-state index contributed by atoms with van der Waals surface area (Å²) in [5, 5.41) is 0.717. The van der Waals surface area contributed by atoms with Crippen LogP contribution in [0.2, 0.25) is 5.02 Å². The molecule has 34 heavy (non-hydrogen) atoms. The molecule has 0 unspecified atom stereocenters. The van der Waals surface area contributed by atoms with Crippen molar-refractivity contribution in [3.63, 3.8) is 0 Å². The molecule has 3 aromatic heterocycles. The Morgan fingerprint density at radius 3 is 2.50 bits per heavy atom. The van der Waals surface area contributed by atoms with E-state index in [0.717, 1.165) is 36.5 Å². The van der Waals surface area contributed by atoms with Gasteiger partial charge in [0.25, 0.3) is 5.91 Å². The Kier molecular flexibility index (Phi) is 5.51. The summed E-state index contributed by atoms with van der Waals surface area (Å²) in [6.07, 6.45) is 9.47. The summed E-state index contributed by atoms with van der Waals surface area (Å²) >= 11 is 6.14. The highest BCUT2D eigenvalue weighted by Crippen LogP contribution is 2.40. The second-order valence-corrected chi connectivity index (χ2v) is 9.47. The summed E-state index contributed by atoms with van der Waals surface area (Å²) in [6, 6.07) is 12.2. The standard InChI is InChI=1S/C26H25ClN6O/c27-21-6-3-19(4-7-21)25-23(33-16-20(18-1-2-18)5-8-24(33)30-25)17-31-11-13-32(14-12-31)26(34)22-15-28-9-10-29-22/h3-10,15-16,18H,1-2,11-14,17H2. The molecular weight excluding hydrogens is 448 g/mol. The van der Waals surface area contributed by atoms with Gasteiger partial charge in [-0.2, -0.15) is 0 Å². The maximum atomic E-state index is 12.8. The number of pyridine rings is 1. The molecule has 1 aromatic carbocycles. The molecule has 0 N–H and O–H groups in total. The van der Waals surface area contributed by atoms with Crippen molar-refractivity contribution in [2.75, 3.05) is 26.2 Å². The molecular formula is C26H25ClN6O. The fourth-order valence-electron chi connectivity index (χ4n) is 4.65. The van der Waals surface area contributed by atoms with Gasteiger partial charge in [-0.15, -0.1) is 0 Å². The number of nitrogens with zero attached hydrogens (tertiary/aromatic N) is 6. The molecule has 4 heterocycles. The predicted molar refractivity (Wildman–Crippen MR) is 131 cm³/mol. The van der Waals surface area contributed by atoms with Gasteiger partial charge >= 0.3 is 0 Å². The number of carbonyl (C=O) groups excluding carboxylic acids is 1. The predicted octanol–water partition coefficient (Wildman–Crippen LogP) is 4.28. The number of piperazine rings is 1. The molecule has 7 nitrogen and oxygen atoms in total. The van der Waals surface area contributed by atoms with Crippen LogP contribution in [0.5, 0.6) is 0 Å². The highest BCUT2D eigenvalue weighted by atomic mass is 35.5. The summed E-state index contributed by atoms with van der Waals surface area (Å²) in [4.78, 5) is 30.2. The molecule has 1 saturated carbocycles. The van der Waals surface area contributed by atoms with E-state index in [4.69, 9.17) is 16.6 Å². The number of aromatic nitrogens is 4. The number of imidazole rings is 1. The monoisotopic (exact) mass is 472 g/mol. The minimum atomic E-state index is -0.0570. The topological polar surface area (TPSA) is 66.6 Å². The van der Waals surface area contributed by atoms with Gasteiger partial charge in [-0.3, -0.25) is 14.7 Å². The molecule has 6 rings (SSSR count). The molecule has 0 bridgehead atoms. The average molecular weight is 473 g/mol. The molecule has 4 aromatic rings. The summed E-state index contributed by atoms with van der Waals surface area (Å²) in [6.45, 7) is 3.68. The van der Waals surface area contributed by atoms with Gasteiger partial charge in [-0.05, 0) is 42.5 Å². The first kappa shape index (κ1) is 21.3. The van der Waals surface area contributed by atoms with Crippen LogP contribution in [0, 0.1) is 0 Å². The Hall–Kier alpha value is -3.29. The van der Waals surface area contributed by atoms with Crippen LogP contribution in [-0.2, 0) is 6.54 Å². The molecule has 172 valence electrons. The fourth-order valence-corrected chi connectivity index (χ4v) is 4.78. The first-order valence-electron chi connectivity index (χ1n) is 11.7. The number of hydrogen-bond acceptors (Lipinski definition) is 5. The Bertz CT molecular complexity index is 1320. The summed E-state index contributed by atoms with van der Waals surface area (Å²) in [7, 11) is 0. The van der Waals surface area contributed by atoms with E-state index in [9.17, 15) is 4.79 Å². The zero-order valence-electron chi connectivity index (χ0n) is 18.8. The second-order valence-electron chi connectivity index (χ2n) is 9.04. The largest absolute Gasteiger partial charge is 0.335 e. The van der Waals surface area contributed by atoms with Crippen molar-refractivity contribution in [2.45, 2.75) is 25.3 Å². The quantitative estimate of drug-likeness (QED) is 0.433. The molecule has 2 aliphatic rings. The SMILES string of the molecule is O=C(c1cnccn1)N1CCN(Cc2c(-c3ccc(Cl)cc3)nc3ccc(C4CC4)cn23)CC1. The van der Waals surface area contributed by atoms with Crippen LogP contribution in [0.25, 0.3) is 16.9 Å². The Morgan fingerprint density at radius 2 is 1.79 bits per heavy atom. The third kappa shape index (κ3) is 4.17. The van der Waals surface area contributed by atoms with E-state index in [1.165, 1.54) is 30.3 Å². The van der Waals surface area contributed by atoms with Gasteiger partial charge in [-0.1, -0.05) is 29.8 Å². The Morgan fingerprint density at radius 1 is 1.00 bits per heavy atom. The summed E-state index contributed by atoms with van der Waals surface area (Å²) in [5.74, 6) is 0.618. The van der Waals surface area contributed by atoms with Crippen molar-refractivity contribution < 1.29 is 4.79 Å². The molecule has 1 saturated heterocycles. The van der Waals surface area contributed by atoms with Crippen molar-refractivity contribution >= 4 is 23.2 Å². The first-order valence-corrected chi connectivity index (χ1v) is 12.1. The van der Waals surface area contributed by atoms with Crippen molar-refractivity contribution in [1.82, 2.24) is 29.2 Å². The van der Waals surface area contributed by atoms with E-state index in [0.29, 0.717) is 29.7 Å². The van der Waals surface area contributed by atoms with Gasteiger partial charge in [0, 0.05) is 61.9 Å². The number of fused-ring (bicyclic) bond motifs is 1. The van der Waals surface area contributed by atoms with Crippen LogP contribution in [0.15, 0.2) is 61.2 Å². The number of benzene rings is 1. The van der Waals surface area contributed by atoms with Crippen LogP contribution in [-0.4, -0.2) is 61.2 Å². The highest BCUT2D eigenvalue weighted by molar-refractivity contribution is 6.30. The number of carbonyl (C=O) groups is 1. The van der Waals surface area contributed by atoms with Gasteiger partial charge in [0.2, 0.25) is 0 Å². The summed E-state index contributed by atoms with van der Waals surface area (Å²) < 4.78 is 2.26. The number of halogens is 1. The zero-order chi connectivity index (χ0) is 23.1. The lowest BCUT2D eigenvalue weighted by atomic mass is 10.1. The van der Waals surface area contributed by atoms with E-state index in [1.807, 2.05) is 29.2 Å². The van der Waals surface area contributed by atoms with E-state index < -0.39 is 0 Å². The number of rotatable bonds is 5. The maximum absolute atomic E-state index is 12.8. The van der Waals surface area contributed by atoms with Crippen molar-refractivity contribution in [1.29, 1.82) is 0 Å². The molecule has 1 aliphatic heterocycles. The van der Waals surface area contributed by atoms with E-state index in [-0.39, 0.29) is 5.91 Å². The maximum Gasteiger partial charge on any atom is 0.274 e. The van der Waals surface area contributed by atoms with Gasteiger partial charge < -0.3 is 9.30 Å². The molecule has 1 amide bonds. The fraction of sp³-hybridized carbons (Fsp3) is 0.308. The number of amides is 1. The van der Waals surface area contributed by atoms with Crippen LogP contribution in [0.4, 0.5) is 0 Å². The van der Waals surface area contributed by atoms with Crippen molar-refractivity contribution in [3.8, 4) is 11.3 Å². The molecule has 2 fully saturated rings. The van der Waals surface area contributed by atoms with Gasteiger partial charge in [0.15, 0.2) is 0 Å². The molecule has 1 aliphatic carbocycles. The summed E-state index contributed by atoms with van der Waals surface area (Å²) in [5.41, 5.74) is 5.97. The van der Waals surface area contributed by atoms with Gasteiger partial charge in [0.1, 0.15) is 11.3 Å². The first-order chi connectivity index (χ1) is 16.7. The smallest absolute Gasteiger partial charge is 0.274 e. The highest BCUT2D eigenvalue weighted by Gasteiger charge is 2.27. The second kappa shape index (κ2) is 8.81. The lowest BCUT2D eigenvalue weighted by Crippen LogP contribution is -2.48.